The predicted octanol–water partition coefficient (Wildman–Crippen LogP) is 2.32. The van der Waals surface area contributed by atoms with E-state index in [2.05, 4.69) is 5.29 Å². The smallest absolute Gasteiger partial charge is 0.304 e. The van der Waals surface area contributed by atoms with Gasteiger partial charge >= 0.3 is 5.97 Å². The zero-order valence-electron chi connectivity index (χ0n) is 10.1. The highest BCUT2D eigenvalue weighted by atomic mass is 16.6. The Labute approximate surface area is 90.7 Å². The molecule has 0 spiro atoms. The fraction of sp³-hybridized carbons (Fsp3) is 0.900. The first-order valence-electron chi connectivity index (χ1n) is 5.07. The number of nitroso groups, excluding NO2 is 1. The highest BCUT2D eigenvalue weighted by Crippen LogP contribution is 2.24. The summed E-state index contributed by atoms with van der Waals surface area (Å²) < 4.78 is 5.06. The molecule has 0 heterocycles. The molecule has 0 aromatic rings. The SMILES string of the molecule is CCN(N=O)C(CC(C)(C)C)OC(C)=O. The second kappa shape index (κ2) is 5.68. The van der Waals surface area contributed by atoms with Gasteiger partial charge in [0.1, 0.15) is 0 Å². The second-order valence-corrected chi connectivity index (χ2v) is 4.67. The van der Waals surface area contributed by atoms with E-state index in [1.807, 2.05) is 20.8 Å². The standard InChI is InChI=1S/C10H20N2O3/c1-6-12(11-14)9(15-8(2)13)7-10(3,4)5/h9H,6-7H2,1-5H3. The predicted molar refractivity (Wildman–Crippen MR) is 57.8 cm³/mol. The third-order valence-electron chi connectivity index (χ3n) is 1.85. The van der Waals surface area contributed by atoms with E-state index in [-0.39, 0.29) is 5.41 Å². The molecule has 88 valence electrons. The van der Waals surface area contributed by atoms with E-state index in [0.717, 1.165) is 0 Å². The molecule has 5 nitrogen and oxygen atoms in total. The molecule has 0 saturated carbocycles. The molecule has 0 bridgehead atoms. The van der Waals surface area contributed by atoms with Crippen LogP contribution in [0.1, 0.15) is 41.0 Å². The van der Waals surface area contributed by atoms with Gasteiger partial charge in [-0.3, -0.25) is 4.79 Å². The van der Waals surface area contributed by atoms with Gasteiger partial charge in [-0.2, -0.15) is 0 Å². The highest BCUT2D eigenvalue weighted by Gasteiger charge is 2.26. The fourth-order valence-electron chi connectivity index (χ4n) is 1.24. The lowest BCUT2D eigenvalue weighted by Gasteiger charge is -2.30. The van der Waals surface area contributed by atoms with Gasteiger partial charge in [0.25, 0.3) is 0 Å². The molecule has 0 fully saturated rings. The summed E-state index contributed by atoms with van der Waals surface area (Å²) in [5, 5.41) is 4.09. The molecule has 1 unspecified atom stereocenters. The van der Waals surface area contributed by atoms with Crippen LogP contribution >= 0.6 is 0 Å². The van der Waals surface area contributed by atoms with Crippen LogP contribution in [0.4, 0.5) is 0 Å². The van der Waals surface area contributed by atoms with Crippen LogP contribution in [-0.2, 0) is 9.53 Å². The Hall–Kier alpha value is -1.13. The van der Waals surface area contributed by atoms with Crippen LogP contribution in [0.15, 0.2) is 5.29 Å². The maximum Gasteiger partial charge on any atom is 0.304 e. The fourth-order valence-corrected chi connectivity index (χ4v) is 1.24. The highest BCUT2D eigenvalue weighted by molar-refractivity contribution is 5.66. The van der Waals surface area contributed by atoms with Crippen LogP contribution in [0.3, 0.4) is 0 Å². The minimum Gasteiger partial charge on any atom is -0.440 e. The van der Waals surface area contributed by atoms with Gasteiger partial charge in [0.05, 0.1) is 5.29 Å². The molecule has 0 aliphatic rings. The summed E-state index contributed by atoms with van der Waals surface area (Å²) in [6.07, 6.45) is 0.0107. The van der Waals surface area contributed by atoms with E-state index >= 15 is 0 Å². The van der Waals surface area contributed by atoms with Gasteiger partial charge in [0.15, 0.2) is 6.23 Å². The van der Waals surface area contributed by atoms with E-state index in [1.54, 1.807) is 6.92 Å². The third-order valence-corrected chi connectivity index (χ3v) is 1.85. The number of carbonyl (C=O) groups is 1. The maximum absolute atomic E-state index is 10.9. The zero-order chi connectivity index (χ0) is 12.1. The topological polar surface area (TPSA) is 59.0 Å². The van der Waals surface area contributed by atoms with Gasteiger partial charge < -0.3 is 4.74 Å². The third kappa shape index (κ3) is 6.04. The lowest BCUT2D eigenvalue weighted by Crippen LogP contribution is -2.37. The summed E-state index contributed by atoms with van der Waals surface area (Å²) in [6.45, 7) is 9.60. The summed E-state index contributed by atoms with van der Waals surface area (Å²) in [7, 11) is 0. The number of carbonyl (C=O) groups excluding carboxylic acids is 1. The Morgan fingerprint density at radius 1 is 1.47 bits per heavy atom. The van der Waals surface area contributed by atoms with Crippen molar-refractivity contribution in [2.75, 3.05) is 6.54 Å². The van der Waals surface area contributed by atoms with Crippen LogP contribution in [0.5, 0.6) is 0 Å². The van der Waals surface area contributed by atoms with Crippen LogP contribution in [0.2, 0.25) is 0 Å². The molecule has 0 aromatic carbocycles. The molecular formula is C10H20N2O3. The van der Waals surface area contributed by atoms with Crippen LogP contribution in [-0.4, -0.2) is 23.8 Å². The zero-order valence-corrected chi connectivity index (χ0v) is 10.1. The van der Waals surface area contributed by atoms with Crippen molar-refractivity contribution < 1.29 is 9.53 Å². The van der Waals surface area contributed by atoms with Crippen molar-refractivity contribution in [2.45, 2.75) is 47.3 Å². The van der Waals surface area contributed by atoms with Crippen molar-refractivity contribution in [3.05, 3.63) is 4.91 Å². The largest absolute Gasteiger partial charge is 0.440 e. The lowest BCUT2D eigenvalue weighted by molar-refractivity contribution is -0.159. The number of rotatable bonds is 5. The van der Waals surface area contributed by atoms with E-state index in [4.69, 9.17) is 4.74 Å². The van der Waals surface area contributed by atoms with Crippen molar-refractivity contribution in [3.8, 4) is 0 Å². The van der Waals surface area contributed by atoms with Crippen LogP contribution in [0.25, 0.3) is 0 Å². The molecule has 0 aliphatic carbocycles. The first kappa shape index (κ1) is 13.9. The molecule has 0 rings (SSSR count). The monoisotopic (exact) mass is 216 g/mol. The van der Waals surface area contributed by atoms with E-state index < -0.39 is 12.2 Å². The number of nitrogens with zero attached hydrogens (tertiary/aromatic N) is 2. The minimum absolute atomic E-state index is 0.0295. The first-order chi connectivity index (χ1) is 6.80. The molecule has 0 aliphatic heterocycles. The van der Waals surface area contributed by atoms with Crippen molar-refractivity contribution in [1.82, 2.24) is 5.01 Å². The minimum atomic E-state index is -0.565. The van der Waals surface area contributed by atoms with Crippen molar-refractivity contribution in [1.29, 1.82) is 0 Å². The van der Waals surface area contributed by atoms with Gasteiger partial charge in [-0.1, -0.05) is 20.8 Å². The average molecular weight is 216 g/mol. The van der Waals surface area contributed by atoms with E-state index in [1.165, 1.54) is 11.9 Å². The second-order valence-electron chi connectivity index (χ2n) is 4.67. The van der Waals surface area contributed by atoms with E-state index in [9.17, 15) is 9.70 Å². The summed E-state index contributed by atoms with van der Waals surface area (Å²) >= 11 is 0. The molecule has 5 heteroatoms. The number of hydrogen-bond donors (Lipinski definition) is 0. The Bertz CT molecular complexity index is 223. The lowest BCUT2D eigenvalue weighted by atomic mass is 9.91. The normalized spacial score (nSPS) is 13.1. The quantitative estimate of drug-likeness (QED) is 0.306. The van der Waals surface area contributed by atoms with Crippen molar-refractivity contribution >= 4 is 5.97 Å². The number of ether oxygens (including phenoxy) is 1. The van der Waals surface area contributed by atoms with Gasteiger partial charge in [-0.25, -0.2) is 5.01 Å². The van der Waals surface area contributed by atoms with Gasteiger partial charge in [-0.05, 0) is 12.3 Å². The molecule has 0 amide bonds. The molecule has 1 atom stereocenters. The van der Waals surface area contributed by atoms with Crippen LogP contribution in [0, 0.1) is 10.3 Å². The average Bonchev–Trinajstić information content (AvgIpc) is 2.01. The van der Waals surface area contributed by atoms with Crippen molar-refractivity contribution in [2.24, 2.45) is 10.7 Å². The van der Waals surface area contributed by atoms with Crippen LogP contribution < -0.4 is 0 Å². The summed E-state index contributed by atoms with van der Waals surface area (Å²) in [6, 6.07) is 0. The Morgan fingerprint density at radius 3 is 2.27 bits per heavy atom. The van der Waals surface area contributed by atoms with Gasteiger partial charge in [-0.15, -0.1) is 4.91 Å². The Balaban J connectivity index is 4.56. The first-order valence-corrected chi connectivity index (χ1v) is 5.07. The molecular weight excluding hydrogens is 196 g/mol. The van der Waals surface area contributed by atoms with Gasteiger partial charge in [0.2, 0.25) is 0 Å². The van der Waals surface area contributed by atoms with E-state index in [0.29, 0.717) is 13.0 Å². The summed E-state index contributed by atoms with van der Waals surface area (Å²) in [5.74, 6) is -0.397. The number of esters is 1. The summed E-state index contributed by atoms with van der Waals surface area (Å²) in [4.78, 5) is 21.4. The summed E-state index contributed by atoms with van der Waals surface area (Å²) in [5.41, 5.74) is -0.0295. The molecule has 0 aromatic heterocycles. The molecule has 0 saturated heterocycles. The molecule has 0 radical (unpaired) electrons. The number of hydrogen-bond acceptors (Lipinski definition) is 4. The maximum atomic E-state index is 10.9. The Kier molecular flexibility index (Phi) is 5.25. The molecule has 0 N–H and O–H groups in total. The Morgan fingerprint density at radius 2 is 2.00 bits per heavy atom. The molecule has 15 heavy (non-hydrogen) atoms. The van der Waals surface area contributed by atoms with Gasteiger partial charge in [0, 0.05) is 19.9 Å². The van der Waals surface area contributed by atoms with Crippen molar-refractivity contribution in [3.63, 3.8) is 0 Å².